The third kappa shape index (κ3) is 4.57. The van der Waals surface area contributed by atoms with Gasteiger partial charge in [0.2, 0.25) is 15.9 Å². The van der Waals surface area contributed by atoms with Gasteiger partial charge in [-0.2, -0.15) is 0 Å². The normalized spacial score (nSPS) is 15.3. The van der Waals surface area contributed by atoms with E-state index in [2.05, 4.69) is 23.8 Å². The van der Waals surface area contributed by atoms with Gasteiger partial charge in [-0.15, -0.1) is 0 Å². The molecule has 5 nitrogen and oxygen atoms in total. The molecule has 1 aliphatic heterocycles. The van der Waals surface area contributed by atoms with Crippen molar-refractivity contribution in [3.63, 3.8) is 0 Å². The van der Waals surface area contributed by atoms with Crippen molar-refractivity contribution in [1.82, 2.24) is 4.72 Å². The smallest absolute Gasteiger partial charge is 0.240 e. The van der Waals surface area contributed by atoms with Crippen LogP contribution in [0.2, 0.25) is 0 Å². The molecule has 27 heavy (non-hydrogen) atoms. The van der Waals surface area contributed by atoms with Gasteiger partial charge in [-0.3, -0.25) is 4.79 Å². The number of hydrogen-bond donors (Lipinski definition) is 1. The molecule has 0 saturated heterocycles. The van der Waals surface area contributed by atoms with Crippen molar-refractivity contribution in [3.05, 3.63) is 59.7 Å². The van der Waals surface area contributed by atoms with Gasteiger partial charge in [-0.25, -0.2) is 13.1 Å². The lowest BCUT2D eigenvalue weighted by molar-refractivity contribution is -0.116. The molecule has 0 spiro atoms. The topological polar surface area (TPSA) is 66.5 Å². The Hall–Kier alpha value is -2.18. The lowest BCUT2D eigenvalue weighted by Gasteiger charge is -2.28. The number of carbonyl (C=O) groups excluding carboxylic acids is 1. The van der Waals surface area contributed by atoms with Gasteiger partial charge < -0.3 is 4.90 Å². The third-order valence-corrected chi connectivity index (χ3v) is 6.56. The Kier molecular flexibility index (Phi) is 5.97. The van der Waals surface area contributed by atoms with E-state index in [1.165, 1.54) is 12.5 Å². The SMILES string of the molecule is CC(=O)N1CCCc2cc(S(=O)(=O)NCCC(C)c3ccccc3)ccc21. The first-order valence-corrected chi connectivity index (χ1v) is 10.8. The van der Waals surface area contributed by atoms with E-state index in [9.17, 15) is 13.2 Å². The van der Waals surface area contributed by atoms with Crippen LogP contribution in [0.15, 0.2) is 53.4 Å². The third-order valence-electron chi connectivity index (χ3n) is 5.10. The Balaban J connectivity index is 1.67. The van der Waals surface area contributed by atoms with E-state index < -0.39 is 10.0 Å². The monoisotopic (exact) mass is 386 g/mol. The number of nitrogens with zero attached hydrogens (tertiary/aromatic N) is 1. The lowest BCUT2D eigenvalue weighted by Crippen LogP contribution is -2.33. The van der Waals surface area contributed by atoms with Crippen molar-refractivity contribution in [1.29, 1.82) is 0 Å². The average Bonchev–Trinajstić information content (AvgIpc) is 2.67. The molecule has 1 amide bonds. The van der Waals surface area contributed by atoms with Gasteiger partial charge in [0, 0.05) is 25.7 Å². The van der Waals surface area contributed by atoms with Crippen molar-refractivity contribution in [2.45, 2.75) is 43.9 Å². The molecule has 2 aromatic carbocycles. The second kappa shape index (κ2) is 8.23. The standard InChI is InChI=1S/C21H26N2O3S/c1-16(18-7-4-3-5-8-18)12-13-22-27(25,26)20-10-11-21-19(15-20)9-6-14-23(21)17(2)24/h3-5,7-8,10-11,15-16,22H,6,9,12-14H2,1-2H3. The van der Waals surface area contributed by atoms with Crippen LogP contribution in [0.4, 0.5) is 5.69 Å². The second-order valence-corrected chi connectivity index (χ2v) is 8.83. The Morgan fingerprint density at radius 1 is 1.19 bits per heavy atom. The Morgan fingerprint density at radius 2 is 1.93 bits per heavy atom. The van der Waals surface area contributed by atoms with Crippen LogP contribution in [-0.2, 0) is 21.2 Å². The molecule has 0 aliphatic carbocycles. The Bertz CT molecular complexity index is 910. The number of rotatable bonds is 6. The molecule has 0 fully saturated rings. The van der Waals surface area contributed by atoms with E-state index >= 15 is 0 Å². The van der Waals surface area contributed by atoms with Crippen LogP contribution >= 0.6 is 0 Å². The predicted octanol–water partition coefficient (Wildman–Crippen LogP) is 3.46. The van der Waals surface area contributed by atoms with Crippen LogP contribution in [0.25, 0.3) is 0 Å². The lowest BCUT2D eigenvalue weighted by atomic mass is 9.98. The first-order chi connectivity index (χ1) is 12.9. The molecule has 6 heteroatoms. The van der Waals surface area contributed by atoms with Gasteiger partial charge >= 0.3 is 0 Å². The van der Waals surface area contributed by atoms with Crippen molar-refractivity contribution in [3.8, 4) is 0 Å². The van der Waals surface area contributed by atoms with E-state index in [1.807, 2.05) is 18.2 Å². The van der Waals surface area contributed by atoms with Crippen LogP contribution in [0, 0.1) is 0 Å². The number of nitrogens with one attached hydrogen (secondary N) is 1. The summed E-state index contributed by atoms with van der Waals surface area (Å²) in [5.41, 5.74) is 2.94. The molecule has 144 valence electrons. The fraction of sp³-hybridized carbons (Fsp3) is 0.381. The maximum atomic E-state index is 12.7. The zero-order chi connectivity index (χ0) is 19.4. The summed E-state index contributed by atoms with van der Waals surface area (Å²) in [5, 5.41) is 0. The summed E-state index contributed by atoms with van der Waals surface area (Å²) in [6.45, 7) is 4.70. The average molecular weight is 387 g/mol. The first kappa shape index (κ1) is 19.6. The van der Waals surface area contributed by atoms with Crippen molar-refractivity contribution >= 4 is 21.6 Å². The summed E-state index contributed by atoms with van der Waals surface area (Å²) in [7, 11) is -3.56. The van der Waals surface area contributed by atoms with Crippen LogP contribution in [0.5, 0.6) is 0 Å². The number of aryl methyl sites for hydroxylation is 1. The summed E-state index contributed by atoms with van der Waals surface area (Å²) in [6, 6.07) is 15.1. The van der Waals surface area contributed by atoms with Crippen molar-refractivity contribution in [2.75, 3.05) is 18.0 Å². The molecule has 1 heterocycles. The molecule has 2 aromatic rings. The van der Waals surface area contributed by atoms with Gasteiger partial charge in [-0.1, -0.05) is 37.3 Å². The summed E-state index contributed by atoms with van der Waals surface area (Å²) in [5.74, 6) is 0.265. The highest BCUT2D eigenvalue weighted by Gasteiger charge is 2.23. The molecule has 0 bridgehead atoms. The molecule has 0 aromatic heterocycles. The van der Waals surface area contributed by atoms with Gasteiger partial charge in [0.1, 0.15) is 0 Å². The maximum Gasteiger partial charge on any atom is 0.240 e. The zero-order valence-electron chi connectivity index (χ0n) is 15.8. The highest BCUT2D eigenvalue weighted by molar-refractivity contribution is 7.89. The number of anilines is 1. The van der Waals surface area contributed by atoms with Crippen LogP contribution < -0.4 is 9.62 Å². The van der Waals surface area contributed by atoms with Gasteiger partial charge in [0.15, 0.2) is 0 Å². The van der Waals surface area contributed by atoms with E-state index in [1.54, 1.807) is 23.1 Å². The molecule has 3 rings (SSSR count). The summed E-state index contributed by atoms with van der Waals surface area (Å²) in [6.07, 6.45) is 2.36. The molecule has 0 radical (unpaired) electrons. The number of sulfonamides is 1. The zero-order valence-corrected chi connectivity index (χ0v) is 16.6. The highest BCUT2D eigenvalue weighted by atomic mass is 32.2. The minimum Gasteiger partial charge on any atom is -0.312 e. The fourth-order valence-corrected chi connectivity index (χ4v) is 4.61. The molecular formula is C21H26N2O3S. The summed E-state index contributed by atoms with van der Waals surface area (Å²) < 4.78 is 28.0. The van der Waals surface area contributed by atoms with Gasteiger partial charge in [-0.05, 0) is 54.5 Å². The molecule has 1 aliphatic rings. The summed E-state index contributed by atoms with van der Waals surface area (Å²) in [4.78, 5) is 13.7. The second-order valence-electron chi connectivity index (χ2n) is 7.06. The minimum atomic E-state index is -3.56. The number of fused-ring (bicyclic) bond motifs is 1. The number of hydrogen-bond acceptors (Lipinski definition) is 3. The van der Waals surface area contributed by atoms with Gasteiger partial charge in [0.25, 0.3) is 0 Å². The molecular weight excluding hydrogens is 360 g/mol. The number of carbonyl (C=O) groups is 1. The van der Waals surface area contributed by atoms with Crippen LogP contribution in [-0.4, -0.2) is 27.4 Å². The Morgan fingerprint density at radius 3 is 2.63 bits per heavy atom. The number of benzene rings is 2. The van der Waals surface area contributed by atoms with E-state index in [4.69, 9.17) is 0 Å². The molecule has 1 N–H and O–H groups in total. The van der Waals surface area contributed by atoms with E-state index in [0.29, 0.717) is 13.1 Å². The van der Waals surface area contributed by atoms with Crippen molar-refractivity contribution < 1.29 is 13.2 Å². The molecule has 0 saturated carbocycles. The van der Waals surface area contributed by atoms with E-state index in [-0.39, 0.29) is 16.7 Å². The van der Waals surface area contributed by atoms with Crippen LogP contribution in [0.1, 0.15) is 43.7 Å². The first-order valence-electron chi connectivity index (χ1n) is 9.34. The minimum absolute atomic E-state index is 0.0143. The number of amides is 1. The van der Waals surface area contributed by atoms with E-state index in [0.717, 1.165) is 30.5 Å². The maximum absolute atomic E-state index is 12.7. The predicted molar refractivity (Wildman–Crippen MR) is 107 cm³/mol. The fourth-order valence-electron chi connectivity index (χ4n) is 3.51. The Labute approximate surface area is 161 Å². The van der Waals surface area contributed by atoms with Crippen LogP contribution in [0.3, 0.4) is 0 Å². The van der Waals surface area contributed by atoms with Gasteiger partial charge in [0.05, 0.1) is 4.90 Å². The van der Waals surface area contributed by atoms with Crippen molar-refractivity contribution in [2.24, 2.45) is 0 Å². The largest absolute Gasteiger partial charge is 0.312 e. The highest BCUT2D eigenvalue weighted by Crippen LogP contribution is 2.29. The molecule has 1 atom stereocenters. The summed E-state index contributed by atoms with van der Waals surface area (Å²) >= 11 is 0. The quantitative estimate of drug-likeness (QED) is 0.827. The molecule has 1 unspecified atom stereocenters.